The maximum absolute atomic E-state index is 14.9. The number of hydrogen-bond acceptors (Lipinski definition) is 10. The van der Waals surface area contributed by atoms with Crippen LogP contribution in [0.4, 0.5) is 8.78 Å². The lowest BCUT2D eigenvalue weighted by Gasteiger charge is -2.42. The Morgan fingerprint density at radius 3 is 2.55 bits per heavy atom. The summed E-state index contributed by atoms with van der Waals surface area (Å²) in [6, 6.07) is 7.87. The van der Waals surface area contributed by atoms with Crippen molar-refractivity contribution in [2.75, 3.05) is 6.54 Å². The minimum Gasteiger partial charge on any atom is -0.381 e. The van der Waals surface area contributed by atoms with Crippen LogP contribution >= 0.6 is 0 Å². The summed E-state index contributed by atoms with van der Waals surface area (Å²) in [6.45, 7) is 3.08. The summed E-state index contributed by atoms with van der Waals surface area (Å²) in [5.74, 6) is -0.410. The SMILES string of the molecule is C[C@@H](N1CCn2nc(-c3ccc(C#N)nc3)nc2C1)[C@](O)(Cn1cncn1)c1ccc(F)cc1F.O=S(=O)(O)O. The number of benzene rings is 1. The molecule has 0 spiro atoms. The van der Waals surface area contributed by atoms with E-state index in [0.29, 0.717) is 42.5 Å². The molecule has 210 valence electrons. The van der Waals surface area contributed by atoms with Crippen molar-refractivity contribution in [2.45, 2.75) is 38.2 Å². The van der Waals surface area contributed by atoms with Gasteiger partial charge in [0.05, 0.1) is 19.6 Å². The molecule has 3 aromatic heterocycles. The van der Waals surface area contributed by atoms with Crippen LogP contribution in [0, 0.1) is 23.0 Å². The Hall–Kier alpha value is -4.21. The van der Waals surface area contributed by atoms with Gasteiger partial charge >= 0.3 is 10.4 Å². The lowest BCUT2D eigenvalue weighted by atomic mass is 9.85. The van der Waals surface area contributed by atoms with Gasteiger partial charge in [-0.2, -0.15) is 23.9 Å². The number of hydrogen-bond donors (Lipinski definition) is 3. The highest BCUT2D eigenvalue weighted by molar-refractivity contribution is 7.79. The van der Waals surface area contributed by atoms with Gasteiger partial charge in [0.2, 0.25) is 0 Å². The highest BCUT2D eigenvalue weighted by atomic mass is 32.3. The van der Waals surface area contributed by atoms with Crippen molar-refractivity contribution in [3.05, 3.63) is 77.9 Å². The third-order valence-electron chi connectivity index (χ3n) is 6.33. The summed E-state index contributed by atoms with van der Waals surface area (Å²) in [7, 11) is -4.67. The summed E-state index contributed by atoms with van der Waals surface area (Å²) in [5, 5.41) is 29.4. The first kappa shape index (κ1) is 28.8. The molecule has 4 heterocycles. The maximum atomic E-state index is 14.9. The van der Waals surface area contributed by atoms with Gasteiger partial charge in [-0.15, -0.1) is 0 Å². The topological polar surface area (TPSA) is 196 Å². The fraction of sp³-hybridized carbons (Fsp3) is 0.304. The molecule has 0 bridgehead atoms. The van der Waals surface area contributed by atoms with Crippen molar-refractivity contribution in [1.82, 2.24) is 39.4 Å². The molecule has 5 rings (SSSR count). The number of nitriles is 1. The zero-order valence-electron chi connectivity index (χ0n) is 20.9. The summed E-state index contributed by atoms with van der Waals surface area (Å²) in [6.07, 6.45) is 4.31. The van der Waals surface area contributed by atoms with Gasteiger partial charge in [-0.25, -0.2) is 33.1 Å². The fourth-order valence-corrected chi connectivity index (χ4v) is 4.35. The number of halogens is 2. The lowest BCUT2D eigenvalue weighted by molar-refractivity contribution is -0.0714. The monoisotopic (exact) mass is 575 g/mol. The van der Waals surface area contributed by atoms with E-state index < -0.39 is 33.7 Å². The molecule has 0 radical (unpaired) electrons. The Bertz CT molecular complexity index is 1620. The first-order valence-corrected chi connectivity index (χ1v) is 13.0. The van der Waals surface area contributed by atoms with Crippen LogP contribution in [0.3, 0.4) is 0 Å². The van der Waals surface area contributed by atoms with Crippen molar-refractivity contribution in [2.24, 2.45) is 0 Å². The van der Waals surface area contributed by atoms with Crippen LogP contribution in [-0.4, -0.2) is 74.6 Å². The first-order valence-electron chi connectivity index (χ1n) is 11.6. The van der Waals surface area contributed by atoms with Crippen LogP contribution in [0.25, 0.3) is 11.4 Å². The molecule has 14 nitrogen and oxygen atoms in total. The largest absolute Gasteiger partial charge is 0.394 e. The number of nitrogens with zero attached hydrogens (tertiary/aromatic N) is 9. The molecule has 0 saturated heterocycles. The fourth-order valence-electron chi connectivity index (χ4n) is 4.35. The van der Waals surface area contributed by atoms with E-state index in [2.05, 4.69) is 25.1 Å². The molecule has 2 atom stereocenters. The Kier molecular flexibility index (Phi) is 8.27. The number of aliphatic hydroxyl groups is 1. The normalized spacial score (nSPS) is 15.7. The van der Waals surface area contributed by atoms with Crippen molar-refractivity contribution in [1.29, 1.82) is 5.26 Å². The second kappa shape index (κ2) is 11.5. The molecule has 0 fully saturated rings. The van der Waals surface area contributed by atoms with Gasteiger partial charge in [-0.3, -0.25) is 14.0 Å². The summed E-state index contributed by atoms with van der Waals surface area (Å²) >= 11 is 0. The molecule has 0 saturated carbocycles. The van der Waals surface area contributed by atoms with Gasteiger partial charge in [-0.1, -0.05) is 6.07 Å². The van der Waals surface area contributed by atoms with E-state index in [4.69, 9.17) is 22.8 Å². The predicted octanol–water partition coefficient (Wildman–Crippen LogP) is 1.22. The van der Waals surface area contributed by atoms with Crippen LogP contribution in [0.1, 0.15) is 24.0 Å². The Labute approximate surface area is 226 Å². The van der Waals surface area contributed by atoms with Gasteiger partial charge in [0.1, 0.15) is 47.5 Å². The highest BCUT2D eigenvalue weighted by Gasteiger charge is 2.43. The van der Waals surface area contributed by atoms with Crippen LogP contribution < -0.4 is 0 Å². The van der Waals surface area contributed by atoms with E-state index in [0.717, 1.165) is 12.1 Å². The van der Waals surface area contributed by atoms with E-state index in [-0.39, 0.29) is 12.1 Å². The molecule has 17 heteroatoms. The summed E-state index contributed by atoms with van der Waals surface area (Å²) < 4.78 is 63.3. The number of rotatable bonds is 6. The van der Waals surface area contributed by atoms with Gasteiger partial charge in [0.25, 0.3) is 0 Å². The quantitative estimate of drug-likeness (QED) is 0.279. The lowest BCUT2D eigenvalue weighted by Crippen LogP contribution is -2.53. The molecule has 1 aliphatic rings. The third-order valence-corrected chi connectivity index (χ3v) is 6.33. The van der Waals surface area contributed by atoms with E-state index in [1.54, 1.807) is 29.9 Å². The molecule has 1 aromatic carbocycles. The number of fused-ring (bicyclic) bond motifs is 1. The summed E-state index contributed by atoms with van der Waals surface area (Å²) in [4.78, 5) is 14.6. The zero-order chi connectivity index (χ0) is 29.1. The van der Waals surface area contributed by atoms with Gasteiger partial charge in [0.15, 0.2) is 5.82 Å². The average molecular weight is 576 g/mol. The molecule has 0 amide bonds. The molecule has 3 N–H and O–H groups in total. The van der Waals surface area contributed by atoms with Crippen LogP contribution in [0.2, 0.25) is 0 Å². The van der Waals surface area contributed by atoms with Crippen molar-refractivity contribution >= 4 is 10.4 Å². The molecular weight excluding hydrogens is 552 g/mol. The minimum atomic E-state index is -4.67. The van der Waals surface area contributed by atoms with Crippen molar-refractivity contribution in [3.63, 3.8) is 0 Å². The zero-order valence-corrected chi connectivity index (χ0v) is 21.7. The highest BCUT2D eigenvalue weighted by Crippen LogP contribution is 2.34. The van der Waals surface area contributed by atoms with Crippen LogP contribution in [-0.2, 0) is 35.6 Å². The Morgan fingerprint density at radius 2 is 1.95 bits per heavy atom. The van der Waals surface area contributed by atoms with E-state index >= 15 is 0 Å². The van der Waals surface area contributed by atoms with E-state index in [1.165, 1.54) is 23.4 Å². The van der Waals surface area contributed by atoms with Crippen LogP contribution in [0.5, 0.6) is 0 Å². The first-order chi connectivity index (χ1) is 18.9. The number of aromatic nitrogens is 7. The summed E-state index contributed by atoms with van der Waals surface area (Å²) in [5.41, 5.74) is -0.787. The number of pyridine rings is 1. The second-order valence-corrected chi connectivity index (χ2v) is 9.75. The van der Waals surface area contributed by atoms with Gasteiger partial charge < -0.3 is 5.11 Å². The molecule has 0 unspecified atom stereocenters. The Morgan fingerprint density at radius 1 is 1.20 bits per heavy atom. The van der Waals surface area contributed by atoms with Crippen LogP contribution in [0.15, 0.2) is 49.2 Å². The van der Waals surface area contributed by atoms with E-state index in [9.17, 15) is 13.9 Å². The Balaban J connectivity index is 0.000000681. The van der Waals surface area contributed by atoms with Crippen molar-refractivity contribution < 1.29 is 31.4 Å². The van der Waals surface area contributed by atoms with Crippen molar-refractivity contribution in [3.8, 4) is 17.5 Å². The van der Waals surface area contributed by atoms with Gasteiger partial charge in [-0.05, 0) is 25.1 Å². The molecule has 0 aliphatic carbocycles. The minimum absolute atomic E-state index is 0.0294. The average Bonchev–Trinajstić information content (AvgIpc) is 3.56. The molecule has 4 aromatic rings. The smallest absolute Gasteiger partial charge is 0.381 e. The predicted molar refractivity (Wildman–Crippen MR) is 132 cm³/mol. The maximum Gasteiger partial charge on any atom is 0.394 e. The molecular formula is C23H23F2N9O5S. The third kappa shape index (κ3) is 6.67. The standard InChI is InChI=1S/C23H21F2N9O.H2O4S/c1-15(23(35,12-33-14-27-13-29-33)19-5-3-17(24)8-20(19)25)32-6-7-34-21(11-32)30-22(31-34)16-2-4-18(9-26)28-10-16;1-5(2,3)4/h2-5,8,10,13-15,35H,6-7,11-12H2,1H3;(H2,1,2,3,4)/t15-,23-;/m1./s1. The molecule has 1 aliphatic heterocycles. The van der Waals surface area contributed by atoms with E-state index in [1.807, 2.05) is 11.0 Å². The molecule has 40 heavy (non-hydrogen) atoms. The van der Waals surface area contributed by atoms with Gasteiger partial charge in [0, 0.05) is 36.0 Å². The second-order valence-electron chi connectivity index (χ2n) is 8.85.